The molecule has 0 aliphatic carbocycles. The Morgan fingerprint density at radius 1 is 1.56 bits per heavy atom. The highest BCUT2D eigenvalue weighted by molar-refractivity contribution is 5.85. The molecule has 0 aliphatic rings. The molecule has 0 spiro atoms. The maximum Gasteiger partial charge on any atom is 0.302 e. The summed E-state index contributed by atoms with van der Waals surface area (Å²) in [5, 5.41) is 9.77. The highest BCUT2D eigenvalue weighted by Crippen LogP contribution is 2.23. The minimum Gasteiger partial charge on any atom is -0.506 e. The number of aryl methyl sites for hydroxylation is 2. The Morgan fingerprint density at radius 3 is 2.69 bits per heavy atom. The van der Waals surface area contributed by atoms with Gasteiger partial charge in [-0.25, -0.2) is 0 Å². The van der Waals surface area contributed by atoms with Crippen LogP contribution in [-0.4, -0.2) is 16.1 Å². The molecule has 5 heteroatoms. The van der Waals surface area contributed by atoms with Crippen molar-refractivity contribution in [1.82, 2.24) is 4.98 Å². The molecule has 0 unspecified atom stereocenters. The van der Waals surface area contributed by atoms with Gasteiger partial charge in [-0.15, -0.1) is 12.4 Å². The number of rotatable bonds is 3. The van der Waals surface area contributed by atoms with Crippen molar-refractivity contribution in [3.8, 4) is 5.75 Å². The Morgan fingerprint density at radius 2 is 2.19 bits per heavy atom. The van der Waals surface area contributed by atoms with Crippen molar-refractivity contribution in [2.45, 2.75) is 33.8 Å². The monoisotopic (exact) mass is 245 g/mol. The molecule has 0 radical (unpaired) electrons. The van der Waals surface area contributed by atoms with Crippen molar-refractivity contribution < 1.29 is 14.6 Å². The number of carbonyl (C=O) groups excluding carboxylic acids is 1. The third kappa shape index (κ3) is 3.70. The van der Waals surface area contributed by atoms with Crippen molar-refractivity contribution in [1.29, 1.82) is 0 Å². The van der Waals surface area contributed by atoms with Crippen molar-refractivity contribution in [3.63, 3.8) is 0 Å². The fraction of sp³-hybridized carbons (Fsp3) is 0.455. The number of carbonyl (C=O) groups is 1. The molecule has 0 aliphatic heterocycles. The van der Waals surface area contributed by atoms with Crippen LogP contribution in [-0.2, 0) is 22.6 Å². The number of aromatic nitrogens is 1. The summed E-state index contributed by atoms with van der Waals surface area (Å²) in [6.07, 6.45) is 0.653. The maximum atomic E-state index is 10.6. The summed E-state index contributed by atoms with van der Waals surface area (Å²) in [5.74, 6) is -0.230. The Hall–Kier alpha value is -1.29. The van der Waals surface area contributed by atoms with Gasteiger partial charge in [0.2, 0.25) is 0 Å². The lowest BCUT2D eigenvalue weighted by Gasteiger charge is -2.09. The zero-order chi connectivity index (χ0) is 11.4. The van der Waals surface area contributed by atoms with Crippen molar-refractivity contribution in [3.05, 3.63) is 23.0 Å². The van der Waals surface area contributed by atoms with Gasteiger partial charge in [0.25, 0.3) is 0 Å². The lowest BCUT2D eigenvalue weighted by atomic mass is 10.1. The number of ether oxygens (including phenoxy) is 1. The van der Waals surface area contributed by atoms with Gasteiger partial charge in [0.1, 0.15) is 12.4 Å². The van der Waals surface area contributed by atoms with E-state index in [1.54, 1.807) is 6.07 Å². The molecule has 0 saturated heterocycles. The summed E-state index contributed by atoms with van der Waals surface area (Å²) in [7, 11) is 0. The van der Waals surface area contributed by atoms with E-state index in [1.807, 2.05) is 13.8 Å². The zero-order valence-corrected chi connectivity index (χ0v) is 10.4. The summed E-state index contributed by atoms with van der Waals surface area (Å²) in [6.45, 7) is 5.19. The number of hydrogen-bond acceptors (Lipinski definition) is 4. The third-order valence-electron chi connectivity index (χ3n) is 2.04. The van der Waals surface area contributed by atoms with Gasteiger partial charge >= 0.3 is 5.97 Å². The van der Waals surface area contributed by atoms with Crippen LogP contribution in [0.4, 0.5) is 0 Å². The molecule has 90 valence electrons. The maximum absolute atomic E-state index is 10.6. The molecule has 0 bridgehead atoms. The van der Waals surface area contributed by atoms with Gasteiger partial charge in [-0.05, 0) is 19.4 Å². The molecule has 0 aromatic carbocycles. The second-order valence-electron chi connectivity index (χ2n) is 3.35. The van der Waals surface area contributed by atoms with Gasteiger partial charge in [-0.2, -0.15) is 0 Å². The molecule has 1 aromatic heterocycles. The number of esters is 1. The molecule has 1 aromatic rings. The van der Waals surface area contributed by atoms with Gasteiger partial charge in [-0.1, -0.05) is 6.92 Å². The average molecular weight is 246 g/mol. The topological polar surface area (TPSA) is 59.4 Å². The molecule has 4 nitrogen and oxygen atoms in total. The molecule has 1 N–H and O–H groups in total. The van der Waals surface area contributed by atoms with E-state index in [4.69, 9.17) is 4.74 Å². The predicted octanol–water partition coefficient (Wildman–Crippen LogP) is 2.14. The molecule has 0 fully saturated rings. The van der Waals surface area contributed by atoms with E-state index >= 15 is 0 Å². The largest absolute Gasteiger partial charge is 0.506 e. The summed E-state index contributed by atoms with van der Waals surface area (Å²) in [4.78, 5) is 14.8. The lowest BCUT2D eigenvalue weighted by Crippen LogP contribution is -2.02. The number of nitrogens with zero attached hydrogens (tertiary/aromatic N) is 1. The standard InChI is InChI=1S/C11H15NO3.ClH/c1-4-10-11(14)9(5-7(2)12-10)6-15-8(3)13;/h5,14H,4,6H2,1-3H3;1H. The van der Waals surface area contributed by atoms with E-state index in [0.717, 1.165) is 5.69 Å². The molecule has 0 atom stereocenters. The Balaban J connectivity index is 0.00000225. The first-order valence-corrected chi connectivity index (χ1v) is 4.86. The zero-order valence-electron chi connectivity index (χ0n) is 9.61. The lowest BCUT2D eigenvalue weighted by molar-refractivity contribution is -0.142. The van der Waals surface area contributed by atoms with Crippen molar-refractivity contribution in [2.75, 3.05) is 0 Å². The van der Waals surface area contributed by atoms with E-state index in [0.29, 0.717) is 17.7 Å². The van der Waals surface area contributed by atoms with Crippen molar-refractivity contribution >= 4 is 18.4 Å². The quantitative estimate of drug-likeness (QED) is 0.829. The van der Waals surface area contributed by atoms with Gasteiger partial charge in [0, 0.05) is 18.2 Å². The SMILES string of the molecule is CCc1nc(C)cc(COC(C)=O)c1O.Cl. The summed E-state index contributed by atoms with van der Waals surface area (Å²) < 4.78 is 4.84. The third-order valence-corrected chi connectivity index (χ3v) is 2.04. The highest BCUT2D eigenvalue weighted by atomic mass is 35.5. The van der Waals surface area contributed by atoms with Crippen LogP contribution in [0.1, 0.15) is 30.8 Å². The van der Waals surface area contributed by atoms with Crippen LogP contribution < -0.4 is 0 Å². The van der Waals surface area contributed by atoms with Crippen molar-refractivity contribution in [2.24, 2.45) is 0 Å². The summed E-state index contributed by atoms with van der Waals surface area (Å²) >= 11 is 0. The Labute approximate surface area is 101 Å². The normalized spacial score (nSPS) is 9.44. The minimum atomic E-state index is -0.359. The van der Waals surface area contributed by atoms with E-state index in [9.17, 15) is 9.90 Å². The molecule has 16 heavy (non-hydrogen) atoms. The number of aromatic hydroxyl groups is 1. The molecular formula is C11H16ClNO3. The smallest absolute Gasteiger partial charge is 0.302 e. The molecule has 0 amide bonds. The second kappa shape index (κ2) is 6.33. The van der Waals surface area contributed by atoms with Crippen LogP contribution in [0.5, 0.6) is 5.75 Å². The first kappa shape index (κ1) is 14.7. The molecule has 1 heterocycles. The molecule has 0 saturated carbocycles. The van der Waals surface area contributed by atoms with E-state index < -0.39 is 0 Å². The molecule has 1 rings (SSSR count). The van der Waals surface area contributed by atoms with Gasteiger partial charge in [0.05, 0.1) is 5.69 Å². The second-order valence-corrected chi connectivity index (χ2v) is 3.35. The summed E-state index contributed by atoms with van der Waals surface area (Å²) in [6, 6.07) is 1.72. The van der Waals surface area contributed by atoms with Gasteiger partial charge in [-0.3, -0.25) is 9.78 Å². The van der Waals surface area contributed by atoms with Crippen LogP contribution in [0.2, 0.25) is 0 Å². The minimum absolute atomic E-state index is 0. The first-order chi connectivity index (χ1) is 7.04. The van der Waals surface area contributed by atoms with E-state index in [2.05, 4.69) is 4.98 Å². The first-order valence-electron chi connectivity index (χ1n) is 4.86. The van der Waals surface area contributed by atoms with Crippen LogP contribution in [0.15, 0.2) is 6.07 Å². The van der Waals surface area contributed by atoms with E-state index in [-0.39, 0.29) is 30.7 Å². The number of halogens is 1. The predicted molar refractivity (Wildman–Crippen MR) is 62.7 cm³/mol. The fourth-order valence-corrected chi connectivity index (χ4v) is 1.34. The number of pyridine rings is 1. The fourth-order valence-electron chi connectivity index (χ4n) is 1.34. The van der Waals surface area contributed by atoms with Crippen LogP contribution in [0, 0.1) is 6.92 Å². The van der Waals surface area contributed by atoms with Crippen LogP contribution in [0.3, 0.4) is 0 Å². The molecular weight excluding hydrogens is 230 g/mol. The Bertz CT molecular complexity index is 380. The van der Waals surface area contributed by atoms with E-state index in [1.165, 1.54) is 6.92 Å². The van der Waals surface area contributed by atoms with Crippen LogP contribution in [0.25, 0.3) is 0 Å². The van der Waals surface area contributed by atoms with Gasteiger partial charge < -0.3 is 9.84 Å². The number of hydrogen-bond donors (Lipinski definition) is 1. The summed E-state index contributed by atoms with van der Waals surface area (Å²) in [5.41, 5.74) is 2.05. The average Bonchev–Trinajstić information content (AvgIpc) is 2.18. The van der Waals surface area contributed by atoms with Gasteiger partial charge in [0.15, 0.2) is 0 Å². The van der Waals surface area contributed by atoms with Crippen LogP contribution >= 0.6 is 12.4 Å². The Kier molecular flexibility index (Phi) is 5.82. The highest BCUT2D eigenvalue weighted by Gasteiger charge is 2.09.